The molecule has 0 aliphatic carbocycles. The van der Waals surface area contributed by atoms with Gasteiger partial charge in [0.05, 0.1) is 11.9 Å². The zero-order valence-electron chi connectivity index (χ0n) is 8.20. The fraction of sp³-hybridized carbons (Fsp3) is 0.364. The van der Waals surface area contributed by atoms with Gasteiger partial charge in [-0.05, 0) is 19.1 Å². The van der Waals surface area contributed by atoms with Crippen molar-refractivity contribution < 1.29 is 17.1 Å². The van der Waals surface area contributed by atoms with Crippen LogP contribution in [0.2, 0.25) is 0 Å². The summed E-state index contributed by atoms with van der Waals surface area (Å²) in [5.41, 5.74) is 2.72. The van der Waals surface area contributed by atoms with E-state index < -0.39 is 0 Å². The van der Waals surface area contributed by atoms with Crippen molar-refractivity contribution in [2.45, 2.75) is 26.4 Å². The first-order valence-electron chi connectivity index (χ1n) is 4.84. The molecule has 0 bridgehead atoms. The van der Waals surface area contributed by atoms with E-state index in [1.165, 1.54) is 36.0 Å². The second-order valence-corrected chi connectivity index (χ2v) is 3.83. The van der Waals surface area contributed by atoms with Gasteiger partial charge >= 0.3 is 0 Å². The Balaban J connectivity index is 0.000000750. The van der Waals surface area contributed by atoms with Crippen molar-refractivity contribution in [1.29, 1.82) is 0 Å². The van der Waals surface area contributed by atoms with Crippen LogP contribution in [0.4, 0.5) is 0 Å². The van der Waals surface area contributed by atoms with Crippen LogP contribution in [-0.2, 0) is 13.1 Å². The summed E-state index contributed by atoms with van der Waals surface area (Å²) in [4.78, 5) is 0. The van der Waals surface area contributed by atoms with Crippen LogP contribution in [0.1, 0.15) is 12.0 Å². The Morgan fingerprint density at radius 1 is 1.36 bits per heavy atom. The van der Waals surface area contributed by atoms with Crippen molar-refractivity contribution in [1.82, 2.24) is 4.68 Å². The number of fused-ring (bicyclic) bond motifs is 3. The second kappa shape index (κ2) is 3.28. The highest BCUT2D eigenvalue weighted by Gasteiger charge is 2.20. The van der Waals surface area contributed by atoms with E-state index in [2.05, 4.69) is 40.7 Å². The highest BCUT2D eigenvalue weighted by molar-refractivity contribution is 5.78. The number of nitrogens with zero attached hydrogens (tertiary/aromatic N) is 2. The molecular weight excluding hydrogens is 196 g/mol. The maximum Gasteiger partial charge on any atom is 0.203 e. The molecule has 1 aromatic heterocycles. The van der Waals surface area contributed by atoms with Gasteiger partial charge in [0.25, 0.3) is 0 Å². The smallest absolute Gasteiger partial charge is 0.203 e. The molecular formula is C11H13ClN2. The fourth-order valence-corrected chi connectivity index (χ4v) is 2.20. The molecule has 14 heavy (non-hydrogen) atoms. The Labute approximate surface area is 89.5 Å². The minimum absolute atomic E-state index is 0. The van der Waals surface area contributed by atoms with E-state index in [1.54, 1.807) is 0 Å². The molecule has 74 valence electrons. The van der Waals surface area contributed by atoms with E-state index in [-0.39, 0.29) is 12.4 Å². The highest BCUT2D eigenvalue weighted by atomic mass is 35.5. The average molecular weight is 209 g/mol. The molecule has 0 atom stereocenters. The molecule has 1 aromatic carbocycles. The summed E-state index contributed by atoms with van der Waals surface area (Å²) in [6.07, 6.45) is 3.54. The molecule has 1 aliphatic rings. The maximum atomic E-state index is 2.37. The quantitative estimate of drug-likeness (QED) is 0.474. The number of aryl methyl sites for hydroxylation is 3. The number of benzene rings is 1. The minimum atomic E-state index is 0. The molecule has 2 heterocycles. The molecule has 2 nitrogen and oxygen atoms in total. The van der Waals surface area contributed by atoms with Crippen LogP contribution in [0.15, 0.2) is 24.4 Å². The molecule has 1 aliphatic heterocycles. The lowest BCUT2D eigenvalue weighted by molar-refractivity contribution is -0.755. The summed E-state index contributed by atoms with van der Waals surface area (Å²) in [6.45, 7) is 4.49. The van der Waals surface area contributed by atoms with Crippen molar-refractivity contribution in [3.63, 3.8) is 0 Å². The maximum absolute atomic E-state index is 2.37. The SMILES string of the molecule is Cc1ccc2c(c1)c[n+]1n2CCC1.[Cl-]. The average Bonchev–Trinajstić information content (AvgIpc) is 2.62. The van der Waals surface area contributed by atoms with Gasteiger partial charge < -0.3 is 12.4 Å². The van der Waals surface area contributed by atoms with Crippen molar-refractivity contribution in [3.8, 4) is 0 Å². The first kappa shape index (κ1) is 9.53. The van der Waals surface area contributed by atoms with E-state index in [0.717, 1.165) is 0 Å². The van der Waals surface area contributed by atoms with Crippen LogP contribution in [-0.4, -0.2) is 4.68 Å². The molecule has 0 radical (unpaired) electrons. The Kier molecular flexibility index (Phi) is 2.23. The number of aromatic nitrogens is 2. The Morgan fingerprint density at radius 3 is 3.07 bits per heavy atom. The number of halogens is 1. The molecule has 0 amide bonds. The lowest BCUT2D eigenvalue weighted by Gasteiger charge is -1.93. The lowest BCUT2D eigenvalue weighted by Crippen LogP contribution is -3.00. The van der Waals surface area contributed by atoms with Gasteiger partial charge in [0, 0.05) is 6.42 Å². The topological polar surface area (TPSA) is 8.81 Å². The summed E-state index contributed by atoms with van der Waals surface area (Å²) in [7, 11) is 0. The van der Waals surface area contributed by atoms with Gasteiger partial charge in [0.15, 0.2) is 6.54 Å². The Hall–Kier alpha value is -1.02. The van der Waals surface area contributed by atoms with Gasteiger partial charge in [-0.2, -0.15) is 4.68 Å². The summed E-state index contributed by atoms with van der Waals surface area (Å²) >= 11 is 0. The molecule has 0 N–H and O–H groups in total. The van der Waals surface area contributed by atoms with Crippen LogP contribution in [0.25, 0.3) is 10.9 Å². The van der Waals surface area contributed by atoms with Gasteiger partial charge in [0.1, 0.15) is 5.52 Å². The van der Waals surface area contributed by atoms with Crippen molar-refractivity contribution in [2.24, 2.45) is 0 Å². The molecule has 0 fully saturated rings. The largest absolute Gasteiger partial charge is 1.00 e. The van der Waals surface area contributed by atoms with Crippen LogP contribution in [0.3, 0.4) is 0 Å². The predicted octanol–water partition coefficient (Wildman–Crippen LogP) is -1.36. The molecule has 3 heteroatoms. The lowest BCUT2D eigenvalue weighted by atomic mass is 10.2. The highest BCUT2D eigenvalue weighted by Crippen LogP contribution is 2.16. The van der Waals surface area contributed by atoms with E-state index in [1.807, 2.05) is 0 Å². The predicted molar refractivity (Wildman–Crippen MR) is 51.5 cm³/mol. The van der Waals surface area contributed by atoms with Crippen LogP contribution in [0.5, 0.6) is 0 Å². The van der Waals surface area contributed by atoms with E-state index >= 15 is 0 Å². The van der Waals surface area contributed by atoms with Crippen LogP contribution < -0.4 is 17.1 Å². The summed E-state index contributed by atoms with van der Waals surface area (Å²) < 4.78 is 4.69. The van der Waals surface area contributed by atoms with Gasteiger partial charge in [-0.1, -0.05) is 11.6 Å². The van der Waals surface area contributed by atoms with Gasteiger partial charge in [-0.25, -0.2) is 0 Å². The summed E-state index contributed by atoms with van der Waals surface area (Å²) in [5.74, 6) is 0. The standard InChI is InChI=1S/C11H13N2.ClH/c1-9-3-4-11-10(7-9)8-12-5-2-6-13(11)12;/h3-4,7-8H,2,5-6H2,1H3;1H/q+1;/p-1. The monoisotopic (exact) mass is 208 g/mol. The number of hydrogen-bond donors (Lipinski definition) is 0. The molecule has 2 aromatic rings. The van der Waals surface area contributed by atoms with Gasteiger partial charge in [0.2, 0.25) is 6.20 Å². The van der Waals surface area contributed by atoms with Crippen molar-refractivity contribution >= 4 is 10.9 Å². The molecule has 0 spiro atoms. The fourth-order valence-electron chi connectivity index (χ4n) is 2.20. The third kappa shape index (κ3) is 1.22. The number of hydrogen-bond acceptors (Lipinski definition) is 0. The summed E-state index contributed by atoms with van der Waals surface area (Å²) in [5, 5.41) is 1.37. The zero-order valence-corrected chi connectivity index (χ0v) is 8.96. The van der Waals surface area contributed by atoms with E-state index in [0.29, 0.717) is 0 Å². The molecule has 0 saturated heterocycles. The van der Waals surface area contributed by atoms with Crippen molar-refractivity contribution in [3.05, 3.63) is 30.0 Å². The first-order chi connectivity index (χ1) is 6.34. The van der Waals surface area contributed by atoms with Gasteiger partial charge in [-0.15, -0.1) is 4.68 Å². The van der Waals surface area contributed by atoms with Crippen LogP contribution >= 0.6 is 0 Å². The minimum Gasteiger partial charge on any atom is -1.00 e. The zero-order chi connectivity index (χ0) is 8.84. The summed E-state index contributed by atoms with van der Waals surface area (Å²) in [6, 6.07) is 6.68. The Bertz CT molecular complexity index is 473. The molecule has 0 saturated carbocycles. The number of rotatable bonds is 0. The van der Waals surface area contributed by atoms with E-state index in [9.17, 15) is 0 Å². The van der Waals surface area contributed by atoms with Crippen LogP contribution in [0, 0.1) is 6.92 Å². The Morgan fingerprint density at radius 2 is 2.21 bits per heavy atom. The second-order valence-electron chi connectivity index (χ2n) is 3.83. The van der Waals surface area contributed by atoms with Crippen molar-refractivity contribution in [2.75, 3.05) is 0 Å². The first-order valence-corrected chi connectivity index (χ1v) is 4.84. The molecule has 0 unspecified atom stereocenters. The third-order valence-corrected chi connectivity index (χ3v) is 2.82. The molecule has 3 rings (SSSR count). The third-order valence-electron chi connectivity index (χ3n) is 2.82. The van der Waals surface area contributed by atoms with Gasteiger partial charge in [-0.3, -0.25) is 0 Å². The normalized spacial score (nSPS) is 14.1. The van der Waals surface area contributed by atoms with E-state index in [4.69, 9.17) is 0 Å².